The third-order valence-electron chi connectivity index (χ3n) is 15.1. The number of hydrogen-bond acceptors (Lipinski definition) is 14. The third-order valence-corrected chi connectivity index (χ3v) is 15.7. The second kappa shape index (κ2) is 26.5. The fourth-order valence-corrected chi connectivity index (χ4v) is 10.2. The maximum Gasteiger partial charge on any atom is 0.495 e. The molecule has 3 aliphatic rings. The van der Waals surface area contributed by atoms with Crippen LogP contribution in [0.3, 0.4) is 0 Å². The Balaban J connectivity index is 0.000000169. The van der Waals surface area contributed by atoms with Gasteiger partial charge in [-0.15, -0.1) is 12.4 Å². The van der Waals surface area contributed by atoms with Gasteiger partial charge in [0.1, 0.15) is 11.6 Å². The highest BCUT2D eigenvalue weighted by molar-refractivity contribution is 9.10. The first-order valence-corrected chi connectivity index (χ1v) is 28.3. The number of rotatable bonds is 14. The Morgan fingerprint density at radius 3 is 1.43 bits per heavy atom. The first kappa shape index (κ1) is 60.5. The number of aryl methyl sites for hydroxylation is 4. The molecule has 418 valence electrons. The lowest BCUT2D eigenvalue weighted by Crippen LogP contribution is -2.41. The van der Waals surface area contributed by atoms with Crippen LogP contribution in [0.25, 0.3) is 45.1 Å². The SMILES string of the molecule is Cc1cc(/C=C/C#N)cc(C)c1-c1cccc2c(NCC3CC3)nc(Nc3ccc(C#N)cc3)nc12.Cc1cc(/C=C/C#N)cc(C)c1B1OC(C)(C)C(C)(C)O1.Cl.N#Cc1ccc(Nc2nc(NCC3CC3)c3cccc(Br)c3n2)cc1. The maximum atomic E-state index is 9.10. The Hall–Kier alpha value is -8.61. The summed E-state index contributed by atoms with van der Waals surface area (Å²) in [5.74, 6) is 4.14. The smallest absolute Gasteiger partial charge is 0.399 e. The quantitative estimate of drug-likeness (QED) is 0.0589. The molecular weight excluding hydrogens is 1120 g/mol. The van der Waals surface area contributed by atoms with Crippen LogP contribution in [0.5, 0.6) is 0 Å². The summed E-state index contributed by atoms with van der Waals surface area (Å²) < 4.78 is 13.2. The van der Waals surface area contributed by atoms with E-state index in [-0.39, 0.29) is 30.7 Å². The number of allylic oxidation sites excluding steroid dienone is 2. The Morgan fingerprint density at radius 1 is 0.578 bits per heavy atom. The minimum absolute atomic E-state index is 0. The van der Waals surface area contributed by atoms with E-state index in [9.17, 15) is 0 Å². The average molecular weight is 1180 g/mol. The molecule has 4 N–H and O–H groups in total. The zero-order valence-electron chi connectivity index (χ0n) is 47.9. The van der Waals surface area contributed by atoms with Crippen LogP contribution in [-0.4, -0.2) is 51.3 Å². The number of para-hydroxylation sites is 2. The van der Waals surface area contributed by atoms with Crippen LogP contribution in [0.1, 0.15) is 97.9 Å². The number of nitrogens with zero attached hydrogens (tertiary/aromatic N) is 8. The molecule has 3 fully saturated rings. The fourth-order valence-electron chi connectivity index (χ4n) is 9.71. The van der Waals surface area contributed by atoms with E-state index in [1.54, 1.807) is 24.3 Å². The number of nitrogens with one attached hydrogen (secondary N) is 4. The number of anilines is 6. The molecule has 3 heterocycles. The predicted molar refractivity (Wildman–Crippen MR) is 341 cm³/mol. The molecule has 0 bridgehead atoms. The molecule has 1 aliphatic heterocycles. The average Bonchev–Trinajstić information content (AvgIpc) is 4.59. The highest BCUT2D eigenvalue weighted by atomic mass is 79.9. The molecule has 8 aromatic rings. The van der Waals surface area contributed by atoms with E-state index in [0.717, 1.165) is 118 Å². The van der Waals surface area contributed by atoms with Crippen molar-refractivity contribution >= 4 is 110 Å². The summed E-state index contributed by atoms with van der Waals surface area (Å²) in [6.45, 7) is 18.4. The van der Waals surface area contributed by atoms with Crippen LogP contribution in [0.4, 0.5) is 34.9 Å². The molecule has 6 aromatic carbocycles. The number of hydrogen-bond donors (Lipinski definition) is 4. The molecule has 2 aromatic heterocycles. The molecular formula is C66H65BBrClN12O2. The summed E-state index contributed by atoms with van der Waals surface area (Å²) >= 11 is 3.58. The Bertz CT molecular complexity index is 3860. The van der Waals surface area contributed by atoms with Crippen molar-refractivity contribution in [3.05, 3.63) is 170 Å². The van der Waals surface area contributed by atoms with Crippen molar-refractivity contribution in [1.82, 2.24) is 19.9 Å². The van der Waals surface area contributed by atoms with E-state index in [4.69, 9.17) is 40.3 Å². The van der Waals surface area contributed by atoms with Crippen LogP contribution in [0.2, 0.25) is 0 Å². The molecule has 2 aliphatic carbocycles. The van der Waals surface area contributed by atoms with E-state index < -0.39 is 0 Å². The minimum atomic E-state index is -0.344. The Morgan fingerprint density at radius 2 is 1.00 bits per heavy atom. The van der Waals surface area contributed by atoms with E-state index in [1.165, 1.54) is 37.8 Å². The first-order valence-electron chi connectivity index (χ1n) is 27.5. The number of nitriles is 4. The molecule has 0 unspecified atom stereocenters. The van der Waals surface area contributed by atoms with Crippen molar-refractivity contribution in [2.45, 2.75) is 92.3 Å². The van der Waals surface area contributed by atoms with Crippen LogP contribution >= 0.6 is 28.3 Å². The van der Waals surface area contributed by atoms with Crippen LogP contribution in [0, 0.1) is 84.9 Å². The first-order chi connectivity index (χ1) is 39.5. The lowest BCUT2D eigenvalue weighted by molar-refractivity contribution is 0.00578. The van der Waals surface area contributed by atoms with E-state index >= 15 is 0 Å². The lowest BCUT2D eigenvalue weighted by atomic mass is 9.73. The molecule has 0 atom stereocenters. The lowest BCUT2D eigenvalue weighted by Gasteiger charge is -2.32. The van der Waals surface area contributed by atoms with Crippen molar-refractivity contribution in [3.8, 4) is 35.4 Å². The molecule has 11 rings (SSSR count). The molecule has 17 heteroatoms. The van der Waals surface area contributed by atoms with Gasteiger partial charge in [-0.1, -0.05) is 53.6 Å². The molecule has 0 spiro atoms. The van der Waals surface area contributed by atoms with Crippen molar-refractivity contribution in [3.63, 3.8) is 0 Å². The fraction of sp³-hybridized carbons (Fsp3) is 0.273. The second-order valence-corrected chi connectivity index (χ2v) is 22.9. The number of halogens is 2. The van der Waals surface area contributed by atoms with Gasteiger partial charge >= 0.3 is 7.12 Å². The molecule has 83 heavy (non-hydrogen) atoms. The standard InChI is InChI=1S/C30H26N6.C19H16BrN5.C17H22BNO2.ClH/c1-19-15-23(5-4-14-31)16-20(2)27(19)25-6-3-7-26-28(25)35-30(36-29(26)33-18-22-8-9-22)34-24-12-10-21(17-32)11-13-24;20-16-3-1-2-15-17(16)24-19(25-18(15)22-11-13-4-5-13)23-14-8-6-12(10-21)7-9-14;1-12-10-14(8-7-9-19)11-13(2)15(12)18-20-16(3,4)17(5,6)21-18;/h3-7,10-13,15-16,22H,8-9,18H2,1-2H3,(H2,33,34,35,36);1-3,6-9,13H,4-5,11H2,(H2,22,23,24,25);7-8,10-11H,1-6H3;1H/b5-4+;;8-7+;. The van der Waals surface area contributed by atoms with Gasteiger partial charge in [0, 0.05) is 57.4 Å². The number of aromatic nitrogens is 4. The van der Waals surface area contributed by atoms with Crippen molar-refractivity contribution in [2.24, 2.45) is 11.8 Å². The topological polar surface area (TPSA) is 213 Å². The van der Waals surface area contributed by atoms with Gasteiger partial charge < -0.3 is 30.6 Å². The van der Waals surface area contributed by atoms with Gasteiger partial charge in [0.15, 0.2) is 0 Å². The molecule has 1 saturated heterocycles. The summed E-state index contributed by atoms with van der Waals surface area (Å²) in [7, 11) is -0.344. The van der Waals surface area contributed by atoms with Gasteiger partial charge in [-0.25, -0.2) is 9.97 Å². The maximum absolute atomic E-state index is 9.10. The Kier molecular flexibility index (Phi) is 19.3. The molecule has 0 amide bonds. The van der Waals surface area contributed by atoms with Gasteiger partial charge in [0.05, 0.1) is 57.6 Å². The summed E-state index contributed by atoms with van der Waals surface area (Å²) in [6, 6.07) is 43.4. The summed E-state index contributed by atoms with van der Waals surface area (Å²) in [6.07, 6.45) is 11.7. The van der Waals surface area contributed by atoms with Gasteiger partial charge in [-0.3, -0.25) is 0 Å². The highest BCUT2D eigenvalue weighted by Gasteiger charge is 2.52. The van der Waals surface area contributed by atoms with Crippen molar-refractivity contribution < 1.29 is 9.31 Å². The zero-order chi connectivity index (χ0) is 58.1. The normalized spacial score (nSPS) is 14.7. The van der Waals surface area contributed by atoms with Gasteiger partial charge in [-0.2, -0.15) is 31.0 Å². The second-order valence-electron chi connectivity index (χ2n) is 22.0. The third kappa shape index (κ3) is 14.9. The molecule has 14 nitrogen and oxygen atoms in total. The van der Waals surface area contributed by atoms with Crippen molar-refractivity contribution in [1.29, 1.82) is 21.0 Å². The van der Waals surface area contributed by atoms with E-state index in [0.29, 0.717) is 28.9 Å². The summed E-state index contributed by atoms with van der Waals surface area (Å²) in [5.41, 5.74) is 13.7. The monoisotopic (exact) mass is 1180 g/mol. The van der Waals surface area contributed by atoms with E-state index in [1.807, 2.05) is 60.7 Å². The van der Waals surface area contributed by atoms with Crippen LogP contribution in [0.15, 0.2) is 126 Å². The van der Waals surface area contributed by atoms with Gasteiger partial charge in [-0.05, 0) is 221 Å². The molecule has 0 radical (unpaired) electrons. The summed E-state index contributed by atoms with van der Waals surface area (Å²) in [4.78, 5) is 19.1. The largest absolute Gasteiger partial charge is 0.495 e. The Labute approximate surface area is 501 Å². The predicted octanol–water partition coefficient (Wildman–Crippen LogP) is 15.3. The number of fused-ring (bicyclic) bond motifs is 2. The number of benzene rings is 6. The minimum Gasteiger partial charge on any atom is -0.399 e. The van der Waals surface area contributed by atoms with E-state index in [2.05, 4.69) is 163 Å². The zero-order valence-corrected chi connectivity index (χ0v) is 50.3. The highest BCUT2D eigenvalue weighted by Crippen LogP contribution is 2.39. The van der Waals surface area contributed by atoms with Crippen LogP contribution < -0.4 is 26.7 Å². The van der Waals surface area contributed by atoms with Crippen molar-refractivity contribution in [2.75, 3.05) is 34.4 Å². The molecule has 2 saturated carbocycles. The van der Waals surface area contributed by atoms with Crippen LogP contribution in [-0.2, 0) is 9.31 Å². The van der Waals surface area contributed by atoms with Gasteiger partial charge in [0.2, 0.25) is 11.9 Å². The summed E-state index contributed by atoms with van der Waals surface area (Å²) in [5, 5.41) is 51.1. The van der Waals surface area contributed by atoms with Gasteiger partial charge in [0.25, 0.3) is 0 Å².